The van der Waals surface area contributed by atoms with E-state index in [0.717, 1.165) is 55.2 Å². The second kappa shape index (κ2) is 6.45. The number of hydrogen-bond acceptors (Lipinski definition) is 2. The van der Waals surface area contributed by atoms with E-state index < -0.39 is 0 Å². The van der Waals surface area contributed by atoms with E-state index in [9.17, 15) is 0 Å². The van der Waals surface area contributed by atoms with Gasteiger partial charge < -0.3 is 0 Å². The Hall–Kier alpha value is -3.60. The first-order chi connectivity index (χ1) is 15.7. The lowest BCUT2D eigenvalue weighted by atomic mass is 10.1. The van der Waals surface area contributed by atoms with Crippen LogP contribution in [0.1, 0.15) is 0 Å². The Morgan fingerprint density at radius 3 is 1.41 bits per heavy atom. The predicted molar refractivity (Wildman–Crippen MR) is 133 cm³/mol. The summed E-state index contributed by atoms with van der Waals surface area (Å²) in [5, 5.41) is 3.31. The fourth-order valence-corrected chi connectivity index (χ4v) is 5.02. The van der Waals surface area contributed by atoms with Gasteiger partial charge in [0.15, 0.2) is 11.3 Å². The molecule has 7 rings (SSSR count). The molecule has 4 nitrogen and oxygen atoms in total. The van der Waals surface area contributed by atoms with Crippen molar-refractivity contribution in [3.8, 4) is 0 Å². The number of para-hydroxylation sites is 4. The summed E-state index contributed by atoms with van der Waals surface area (Å²) in [5.41, 5.74) is 7.38. The Morgan fingerprint density at radius 1 is 0.500 bits per heavy atom. The standard InChI is InChI=1S/C26H14Cl2N4/c27-15-9-11-21-17(13-15)18-14-16(28)10-12-22(18)32-24-8-4-2-6-20(24)30-26(32)25-29-19-5-1-3-7-23(19)31(21)25/h1-14H. The molecule has 7 aromatic rings. The summed E-state index contributed by atoms with van der Waals surface area (Å²) in [7, 11) is 0. The van der Waals surface area contributed by atoms with Crippen molar-refractivity contribution in [3.63, 3.8) is 0 Å². The van der Waals surface area contributed by atoms with Gasteiger partial charge in [0.25, 0.3) is 0 Å². The number of nitrogens with zero attached hydrogens (tertiary/aromatic N) is 4. The number of rotatable bonds is 0. The fourth-order valence-electron chi connectivity index (χ4n) is 4.68. The molecule has 0 atom stereocenters. The first kappa shape index (κ1) is 18.0. The third-order valence-corrected chi connectivity index (χ3v) is 6.48. The molecule has 3 heterocycles. The van der Waals surface area contributed by atoms with E-state index in [1.165, 1.54) is 0 Å². The quantitative estimate of drug-likeness (QED) is 0.239. The van der Waals surface area contributed by atoms with Crippen LogP contribution in [-0.2, 0) is 0 Å². The number of halogens is 2. The molecule has 0 bridgehead atoms. The normalized spacial score (nSPS) is 12.1. The Kier molecular flexibility index (Phi) is 3.63. The molecule has 6 heteroatoms. The van der Waals surface area contributed by atoms with Crippen molar-refractivity contribution in [2.75, 3.05) is 0 Å². The third-order valence-electron chi connectivity index (χ3n) is 6.01. The summed E-state index contributed by atoms with van der Waals surface area (Å²) in [6, 6.07) is 28.2. The zero-order valence-electron chi connectivity index (χ0n) is 16.6. The molecule has 0 fully saturated rings. The van der Waals surface area contributed by atoms with E-state index in [0.29, 0.717) is 10.0 Å². The van der Waals surface area contributed by atoms with Crippen molar-refractivity contribution in [2.24, 2.45) is 0 Å². The summed E-state index contributed by atoms with van der Waals surface area (Å²) in [6.45, 7) is 0. The van der Waals surface area contributed by atoms with Crippen molar-refractivity contribution in [3.05, 3.63) is 95.0 Å². The maximum atomic E-state index is 6.49. The van der Waals surface area contributed by atoms with Crippen LogP contribution in [-0.4, -0.2) is 18.8 Å². The molecule has 0 saturated carbocycles. The molecule has 152 valence electrons. The molecule has 3 aromatic heterocycles. The SMILES string of the molecule is Clc1ccc2c(c1)c1cc(Cl)ccc1n1c3ccccc3nc1c1nc3ccccc3n21. The molecular formula is C26H14Cl2N4. The van der Waals surface area contributed by atoms with E-state index in [1.54, 1.807) is 0 Å². The van der Waals surface area contributed by atoms with Crippen molar-refractivity contribution in [2.45, 2.75) is 0 Å². The highest BCUT2D eigenvalue weighted by molar-refractivity contribution is 6.33. The highest BCUT2D eigenvalue weighted by atomic mass is 35.5. The van der Waals surface area contributed by atoms with Crippen LogP contribution in [0.15, 0.2) is 84.9 Å². The van der Waals surface area contributed by atoms with Crippen LogP contribution in [0.3, 0.4) is 0 Å². The second-order valence-corrected chi connectivity index (χ2v) is 8.71. The molecule has 0 saturated heterocycles. The zero-order chi connectivity index (χ0) is 21.4. The largest absolute Gasteiger partial charge is 0.289 e. The zero-order valence-corrected chi connectivity index (χ0v) is 18.1. The van der Waals surface area contributed by atoms with Crippen LogP contribution in [0.4, 0.5) is 0 Å². The van der Waals surface area contributed by atoms with Gasteiger partial charge in [-0.3, -0.25) is 8.80 Å². The maximum absolute atomic E-state index is 6.49. The average Bonchev–Trinajstić information content (AvgIpc) is 3.37. The van der Waals surface area contributed by atoms with Gasteiger partial charge in [-0.15, -0.1) is 0 Å². The van der Waals surface area contributed by atoms with Crippen molar-refractivity contribution >= 4 is 78.4 Å². The van der Waals surface area contributed by atoms with E-state index in [2.05, 4.69) is 20.9 Å². The molecule has 0 radical (unpaired) electrons. The Labute approximate surface area is 191 Å². The first-order valence-corrected chi connectivity index (χ1v) is 11.0. The lowest BCUT2D eigenvalue weighted by Gasteiger charge is -2.09. The van der Waals surface area contributed by atoms with Gasteiger partial charge in [0.05, 0.1) is 33.1 Å². The van der Waals surface area contributed by atoms with Crippen LogP contribution in [0.2, 0.25) is 10.0 Å². The fraction of sp³-hybridized carbons (Fsp3) is 0. The summed E-state index contributed by atoms with van der Waals surface area (Å²) in [4.78, 5) is 10.0. The minimum atomic E-state index is 0.664. The van der Waals surface area contributed by atoms with Gasteiger partial charge in [0.2, 0.25) is 0 Å². The van der Waals surface area contributed by atoms with Crippen LogP contribution in [0, 0.1) is 0 Å². The Balaban J connectivity index is 1.98. The number of aromatic nitrogens is 4. The molecule has 0 unspecified atom stereocenters. The van der Waals surface area contributed by atoms with Crippen molar-refractivity contribution in [1.29, 1.82) is 0 Å². The van der Waals surface area contributed by atoms with Gasteiger partial charge >= 0.3 is 0 Å². The minimum Gasteiger partial charge on any atom is -0.289 e. The molecule has 0 aliphatic heterocycles. The third kappa shape index (κ3) is 2.39. The molecule has 32 heavy (non-hydrogen) atoms. The van der Waals surface area contributed by atoms with Crippen LogP contribution >= 0.6 is 23.2 Å². The maximum Gasteiger partial charge on any atom is 0.182 e. The molecular weight excluding hydrogens is 439 g/mol. The molecule has 4 aromatic carbocycles. The van der Waals surface area contributed by atoms with Gasteiger partial charge in [-0.1, -0.05) is 47.5 Å². The lowest BCUT2D eigenvalue weighted by molar-refractivity contribution is 1.25. The summed E-state index contributed by atoms with van der Waals surface area (Å²) in [6.07, 6.45) is 0. The van der Waals surface area contributed by atoms with E-state index in [4.69, 9.17) is 33.2 Å². The summed E-state index contributed by atoms with van der Waals surface area (Å²) in [5.74, 6) is 0. The second-order valence-electron chi connectivity index (χ2n) is 7.84. The highest BCUT2D eigenvalue weighted by Gasteiger charge is 2.16. The minimum absolute atomic E-state index is 0.664. The number of benzene rings is 4. The summed E-state index contributed by atoms with van der Waals surface area (Å²) >= 11 is 13.0. The van der Waals surface area contributed by atoms with Gasteiger partial charge in [-0.2, -0.15) is 0 Å². The molecule has 0 aliphatic carbocycles. The number of imidazole rings is 2. The van der Waals surface area contributed by atoms with E-state index in [-0.39, 0.29) is 0 Å². The Morgan fingerprint density at radius 2 is 0.938 bits per heavy atom. The molecule has 0 amide bonds. The number of hydrogen-bond donors (Lipinski definition) is 0. The molecule has 0 aliphatic rings. The summed E-state index contributed by atoms with van der Waals surface area (Å²) < 4.78 is 4.34. The lowest BCUT2D eigenvalue weighted by Crippen LogP contribution is -1.94. The van der Waals surface area contributed by atoms with E-state index in [1.807, 2.05) is 72.8 Å². The molecule has 0 spiro atoms. The Bertz CT molecular complexity index is 1770. The predicted octanol–water partition coefficient (Wildman–Crippen LogP) is 7.46. The van der Waals surface area contributed by atoms with Crippen LogP contribution in [0.5, 0.6) is 0 Å². The van der Waals surface area contributed by atoms with Crippen molar-refractivity contribution in [1.82, 2.24) is 18.8 Å². The first-order valence-electron chi connectivity index (χ1n) is 10.2. The van der Waals surface area contributed by atoms with Crippen LogP contribution in [0.25, 0.3) is 55.2 Å². The average molecular weight is 453 g/mol. The number of fused-ring (bicyclic) bond motifs is 12. The van der Waals surface area contributed by atoms with Gasteiger partial charge in [-0.25, -0.2) is 9.97 Å². The smallest absolute Gasteiger partial charge is 0.182 e. The monoisotopic (exact) mass is 452 g/mol. The highest BCUT2D eigenvalue weighted by Crippen LogP contribution is 2.33. The molecule has 0 N–H and O–H groups in total. The van der Waals surface area contributed by atoms with Gasteiger partial charge in [0.1, 0.15) is 0 Å². The van der Waals surface area contributed by atoms with Crippen molar-refractivity contribution < 1.29 is 0 Å². The van der Waals surface area contributed by atoms with Crippen LogP contribution < -0.4 is 0 Å². The van der Waals surface area contributed by atoms with Gasteiger partial charge in [0, 0.05) is 20.8 Å². The van der Waals surface area contributed by atoms with Gasteiger partial charge in [-0.05, 0) is 60.7 Å². The van der Waals surface area contributed by atoms with E-state index >= 15 is 0 Å². The topological polar surface area (TPSA) is 34.6 Å².